The number of carbonyl (C=O) groups excluding carboxylic acids is 1. The van der Waals surface area contributed by atoms with Crippen LogP contribution in [0, 0.1) is 13.8 Å². The van der Waals surface area contributed by atoms with E-state index in [2.05, 4.69) is 15.2 Å². The van der Waals surface area contributed by atoms with Crippen LogP contribution < -0.4 is 10.1 Å². The quantitative estimate of drug-likeness (QED) is 0.817. The van der Waals surface area contributed by atoms with E-state index in [0.717, 1.165) is 42.4 Å². The Hall–Kier alpha value is -2.74. The first kappa shape index (κ1) is 20.0. The van der Waals surface area contributed by atoms with Gasteiger partial charge in [0.2, 0.25) is 5.89 Å². The Bertz CT molecular complexity index is 801. The number of phenolic OH excluding ortho intramolecular Hbond substituents is 1. The lowest BCUT2D eigenvalue weighted by Gasteiger charge is -2.22. The number of methoxy groups -OCH3 is 1. The minimum absolute atomic E-state index is 0.0848. The van der Waals surface area contributed by atoms with Crippen LogP contribution in [0.3, 0.4) is 0 Å². The zero-order chi connectivity index (χ0) is 20.1. The average molecular weight is 388 g/mol. The van der Waals surface area contributed by atoms with Crippen LogP contribution in [-0.2, 0) is 13.1 Å². The van der Waals surface area contributed by atoms with E-state index in [1.165, 1.54) is 7.11 Å². The van der Waals surface area contributed by atoms with Crippen molar-refractivity contribution in [3.8, 4) is 11.5 Å². The van der Waals surface area contributed by atoms with Gasteiger partial charge >= 0.3 is 6.03 Å². The van der Waals surface area contributed by atoms with E-state index in [1.54, 1.807) is 18.2 Å². The second kappa shape index (κ2) is 8.97. The largest absolute Gasteiger partial charge is 0.504 e. The third-order valence-electron chi connectivity index (χ3n) is 5.00. The molecule has 0 aliphatic carbocycles. The van der Waals surface area contributed by atoms with Crippen molar-refractivity contribution in [2.45, 2.75) is 33.4 Å². The summed E-state index contributed by atoms with van der Waals surface area (Å²) in [6, 6.07) is 4.97. The van der Waals surface area contributed by atoms with Gasteiger partial charge in [0, 0.05) is 32.7 Å². The minimum Gasteiger partial charge on any atom is -0.504 e. The highest BCUT2D eigenvalue weighted by Crippen LogP contribution is 2.26. The molecule has 1 aliphatic rings. The second-order valence-electron chi connectivity index (χ2n) is 7.03. The molecule has 0 saturated carbocycles. The molecule has 1 fully saturated rings. The topological polar surface area (TPSA) is 91.1 Å². The number of nitrogens with one attached hydrogen (secondary N) is 1. The van der Waals surface area contributed by atoms with Crippen LogP contribution in [0.4, 0.5) is 4.79 Å². The molecule has 2 N–H and O–H groups in total. The molecule has 0 unspecified atom stereocenters. The van der Waals surface area contributed by atoms with Crippen molar-refractivity contribution in [1.82, 2.24) is 20.1 Å². The van der Waals surface area contributed by atoms with Crippen LogP contribution in [0.2, 0.25) is 0 Å². The predicted molar refractivity (Wildman–Crippen MR) is 104 cm³/mol. The van der Waals surface area contributed by atoms with E-state index in [4.69, 9.17) is 9.15 Å². The van der Waals surface area contributed by atoms with E-state index in [1.807, 2.05) is 18.7 Å². The highest BCUT2D eigenvalue weighted by atomic mass is 16.5. The van der Waals surface area contributed by atoms with E-state index in [9.17, 15) is 9.90 Å². The molecule has 28 heavy (non-hydrogen) atoms. The number of nitrogens with zero attached hydrogens (tertiary/aromatic N) is 3. The highest BCUT2D eigenvalue weighted by molar-refractivity contribution is 5.74. The van der Waals surface area contributed by atoms with Gasteiger partial charge < -0.3 is 24.5 Å². The number of aromatic hydroxyl groups is 1. The molecule has 8 heteroatoms. The number of hydrogen-bond donors (Lipinski definition) is 2. The minimum atomic E-state index is -0.0864. The molecular weight excluding hydrogens is 360 g/mol. The molecule has 0 atom stereocenters. The summed E-state index contributed by atoms with van der Waals surface area (Å²) in [4.78, 5) is 21.1. The van der Waals surface area contributed by atoms with Crippen molar-refractivity contribution in [2.24, 2.45) is 0 Å². The fraction of sp³-hybridized carbons (Fsp3) is 0.500. The third kappa shape index (κ3) is 4.95. The summed E-state index contributed by atoms with van der Waals surface area (Å²) in [6.07, 6.45) is 0.902. The molecule has 2 amide bonds. The Morgan fingerprint density at radius 3 is 2.82 bits per heavy atom. The Labute approximate surface area is 165 Å². The number of benzene rings is 1. The predicted octanol–water partition coefficient (Wildman–Crippen LogP) is 2.42. The fourth-order valence-corrected chi connectivity index (χ4v) is 3.25. The van der Waals surface area contributed by atoms with Crippen LogP contribution >= 0.6 is 0 Å². The van der Waals surface area contributed by atoms with Crippen LogP contribution in [0.15, 0.2) is 22.6 Å². The lowest BCUT2D eigenvalue weighted by atomic mass is 10.2. The number of oxazole rings is 1. The number of urea groups is 1. The summed E-state index contributed by atoms with van der Waals surface area (Å²) >= 11 is 0. The van der Waals surface area contributed by atoms with Crippen molar-refractivity contribution < 1.29 is 19.1 Å². The van der Waals surface area contributed by atoms with Crippen molar-refractivity contribution in [3.05, 3.63) is 41.1 Å². The van der Waals surface area contributed by atoms with E-state index >= 15 is 0 Å². The summed E-state index contributed by atoms with van der Waals surface area (Å²) in [7, 11) is 1.50. The zero-order valence-corrected chi connectivity index (χ0v) is 16.7. The molecule has 3 rings (SSSR count). The molecule has 152 valence electrons. The molecular formula is C20H28N4O4. The van der Waals surface area contributed by atoms with Gasteiger partial charge in [-0.3, -0.25) is 4.90 Å². The molecule has 0 spiro atoms. The number of amides is 2. The molecule has 0 radical (unpaired) electrons. The summed E-state index contributed by atoms with van der Waals surface area (Å²) in [5.41, 5.74) is 1.80. The van der Waals surface area contributed by atoms with Crippen LogP contribution in [0.1, 0.15) is 29.3 Å². The van der Waals surface area contributed by atoms with Gasteiger partial charge in [-0.1, -0.05) is 6.07 Å². The summed E-state index contributed by atoms with van der Waals surface area (Å²) in [5.74, 6) is 2.07. The van der Waals surface area contributed by atoms with Gasteiger partial charge in [-0.15, -0.1) is 0 Å². The molecule has 0 bridgehead atoms. The van der Waals surface area contributed by atoms with E-state index < -0.39 is 0 Å². The maximum absolute atomic E-state index is 12.5. The van der Waals surface area contributed by atoms with Crippen molar-refractivity contribution in [1.29, 1.82) is 0 Å². The number of carbonyl (C=O) groups is 1. The number of aryl methyl sites for hydroxylation is 2. The fourth-order valence-electron chi connectivity index (χ4n) is 3.25. The first-order chi connectivity index (χ1) is 13.5. The molecule has 8 nitrogen and oxygen atoms in total. The summed E-state index contributed by atoms with van der Waals surface area (Å²) in [5, 5.41) is 12.6. The van der Waals surface area contributed by atoms with Crippen molar-refractivity contribution in [2.75, 3.05) is 33.3 Å². The maximum Gasteiger partial charge on any atom is 0.317 e. The number of aromatic nitrogens is 1. The number of ether oxygens (including phenoxy) is 1. The van der Waals surface area contributed by atoms with Gasteiger partial charge in [-0.2, -0.15) is 0 Å². The first-order valence-electron chi connectivity index (χ1n) is 9.50. The van der Waals surface area contributed by atoms with Gasteiger partial charge in [-0.05, 0) is 38.0 Å². The second-order valence-corrected chi connectivity index (χ2v) is 7.03. The van der Waals surface area contributed by atoms with E-state index in [-0.39, 0.29) is 11.8 Å². The number of rotatable bonds is 5. The summed E-state index contributed by atoms with van der Waals surface area (Å²) < 4.78 is 10.8. The number of phenols is 1. The Morgan fingerprint density at radius 2 is 2.11 bits per heavy atom. The molecule has 1 aromatic heterocycles. The van der Waals surface area contributed by atoms with Gasteiger partial charge in [0.25, 0.3) is 0 Å². The smallest absolute Gasteiger partial charge is 0.317 e. The van der Waals surface area contributed by atoms with Crippen LogP contribution in [0.5, 0.6) is 11.5 Å². The third-order valence-corrected chi connectivity index (χ3v) is 5.00. The standard InChI is InChI=1S/C20H28N4O4/c1-14-15(2)28-19(22-14)13-23-7-4-8-24(10-9-23)20(26)21-12-16-5-6-17(25)18(11-16)27-3/h5-6,11,25H,4,7-10,12-13H2,1-3H3,(H,21,26). The zero-order valence-electron chi connectivity index (χ0n) is 16.7. The average Bonchev–Trinajstić information content (AvgIpc) is 2.86. The lowest BCUT2D eigenvalue weighted by Crippen LogP contribution is -2.41. The van der Waals surface area contributed by atoms with Crippen molar-refractivity contribution in [3.63, 3.8) is 0 Å². The normalized spacial score (nSPS) is 15.3. The summed E-state index contributed by atoms with van der Waals surface area (Å²) in [6.45, 7) is 7.96. The molecule has 1 aliphatic heterocycles. The maximum atomic E-state index is 12.5. The Morgan fingerprint density at radius 1 is 1.29 bits per heavy atom. The monoisotopic (exact) mass is 388 g/mol. The highest BCUT2D eigenvalue weighted by Gasteiger charge is 2.20. The van der Waals surface area contributed by atoms with E-state index in [0.29, 0.717) is 31.9 Å². The van der Waals surface area contributed by atoms with Gasteiger partial charge in [0.05, 0.1) is 19.3 Å². The molecule has 2 heterocycles. The van der Waals surface area contributed by atoms with Gasteiger partial charge in [0.15, 0.2) is 11.5 Å². The van der Waals surface area contributed by atoms with Gasteiger partial charge in [0.1, 0.15) is 5.76 Å². The Kier molecular flexibility index (Phi) is 6.41. The van der Waals surface area contributed by atoms with Crippen LogP contribution in [0.25, 0.3) is 0 Å². The first-order valence-corrected chi connectivity index (χ1v) is 9.50. The van der Waals surface area contributed by atoms with Gasteiger partial charge in [-0.25, -0.2) is 9.78 Å². The SMILES string of the molecule is COc1cc(CNC(=O)N2CCCN(Cc3nc(C)c(C)o3)CC2)ccc1O. The number of hydrogen-bond acceptors (Lipinski definition) is 6. The van der Waals surface area contributed by atoms with Crippen molar-refractivity contribution >= 4 is 6.03 Å². The molecule has 1 aromatic carbocycles. The lowest BCUT2D eigenvalue weighted by molar-refractivity contribution is 0.196. The molecule has 1 saturated heterocycles. The molecule has 2 aromatic rings. The van der Waals surface area contributed by atoms with Crippen LogP contribution in [-0.4, -0.2) is 59.2 Å². The Balaban J connectivity index is 1.50.